The first-order chi connectivity index (χ1) is 5.92. The lowest BCUT2D eigenvalue weighted by molar-refractivity contribution is -0.118. The van der Waals surface area contributed by atoms with Crippen molar-refractivity contribution >= 4 is 15.9 Å². The monoisotopic (exact) mass is 206 g/mol. The normalized spacial score (nSPS) is 17.5. The van der Waals surface area contributed by atoms with Crippen molar-refractivity contribution in [1.82, 2.24) is 9.62 Å². The lowest BCUT2D eigenvalue weighted by Gasteiger charge is -2.10. The molecule has 1 rings (SSSR count). The van der Waals surface area contributed by atoms with Gasteiger partial charge in [-0.15, -0.1) is 0 Å². The van der Waals surface area contributed by atoms with Gasteiger partial charge in [-0.25, -0.2) is 12.7 Å². The molecule has 1 N–H and O–H groups in total. The number of carbonyl (C=O) groups is 1. The molecule has 0 bridgehead atoms. The number of rotatable bonds is 4. The number of amides is 1. The van der Waals surface area contributed by atoms with Crippen LogP contribution in [0.3, 0.4) is 0 Å². The van der Waals surface area contributed by atoms with E-state index in [0.29, 0.717) is 0 Å². The van der Waals surface area contributed by atoms with Crippen molar-refractivity contribution in [3.05, 3.63) is 0 Å². The summed E-state index contributed by atoms with van der Waals surface area (Å²) in [5, 5.41) is 2.62. The first kappa shape index (κ1) is 10.5. The molecule has 76 valence electrons. The molecule has 1 fully saturated rings. The van der Waals surface area contributed by atoms with E-state index < -0.39 is 21.7 Å². The Bertz CT molecular complexity index is 293. The molecule has 0 heterocycles. The minimum absolute atomic E-state index is 0.213. The van der Waals surface area contributed by atoms with Gasteiger partial charge in [-0.1, -0.05) is 0 Å². The van der Waals surface area contributed by atoms with E-state index in [0.717, 1.165) is 17.1 Å². The lowest BCUT2D eigenvalue weighted by atomic mass is 10.6. The quantitative estimate of drug-likeness (QED) is 0.652. The highest BCUT2D eigenvalue weighted by atomic mass is 32.2. The highest BCUT2D eigenvalue weighted by Crippen LogP contribution is 2.18. The number of carbonyl (C=O) groups excluding carboxylic acids is 1. The van der Waals surface area contributed by atoms with Gasteiger partial charge in [0.2, 0.25) is 15.9 Å². The van der Waals surface area contributed by atoms with Crippen LogP contribution in [-0.2, 0) is 14.8 Å². The summed E-state index contributed by atoms with van der Waals surface area (Å²) in [5.41, 5.74) is 0. The number of hydrogen-bond donors (Lipinski definition) is 1. The molecular weight excluding hydrogens is 192 g/mol. The predicted molar refractivity (Wildman–Crippen MR) is 48.6 cm³/mol. The van der Waals surface area contributed by atoms with Crippen LogP contribution in [0.15, 0.2) is 0 Å². The second kappa shape index (κ2) is 3.63. The Balaban J connectivity index is 2.42. The Morgan fingerprint density at radius 1 is 1.46 bits per heavy atom. The summed E-state index contributed by atoms with van der Waals surface area (Å²) in [6.07, 6.45) is 1.93. The third-order valence-electron chi connectivity index (χ3n) is 1.81. The summed E-state index contributed by atoms with van der Waals surface area (Å²) in [4.78, 5) is 11.1. The zero-order valence-electron chi connectivity index (χ0n) is 7.78. The summed E-state index contributed by atoms with van der Waals surface area (Å²) in [7, 11) is -0.561. The van der Waals surface area contributed by atoms with Crippen LogP contribution in [0.25, 0.3) is 0 Å². The average Bonchev–Trinajstić information content (AvgIpc) is 2.69. The Morgan fingerprint density at radius 3 is 2.38 bits per heavy atom. The van der Waals surface area contributed by atoms with Gasteiger partial charge in [0.05, 0.1) is 0 Å². The van der Waals surface area contributed by atoms with E-state index in [1.54, 1.807) is 0 Å². The summed E-state index contributed by atoms with van der Waals surface area (Å²) in [5.74, 6) is -0.854. The van der Waals surface area contributed by atoms with Crippen LogP contribution in [-0.4, -0.2) is 44.5 Å². The van der Waals surface area contributed by atoms with Crippen molar-refractivity contribution in [3.63, 3.8) is 0 Å². The molecule has 1 amide bonds. The molecule has 0 unspecified atom stereocenters. The molecule has 0 atom stereocenters. The maximum atomic E-state index is 11.2. The smallest absolute Gasteiger partial charge is 0.236 e. The van der Waals surface area contributed by atoms with Crippen molar-refractivity contribution in [2.45, 2.75) is 18.9 Å². The van der Waals surface area contributed by atoms with Gasteiger partial charge >= 0.3 is 0 Å². The zero-order chi connectivity index (χ0) is 10.1. The molecule has 0 saturated heterocycles. The molecule has 0 radical (unpaired) electrons. The van der Waals surface area contributed by atoms with Crippen molar-refractivity contribution in [1.29, 1.82) is 0 Å². The molecule has 0 aromatic carbocycles. The van der Waals surface area contributed by atoms with Crippen LogP contribution in [0.5, 0.6) is 0 Å². The Labute approximate surface area is 78.2 Å². The number of nitrogens with one attached hydrogen (secondary N) is 1. The van der Waals surface area contributed by atoms with E-state index in [4.69, 9.17) is 0 Å². The van der Waals surface area contributed by atoms with Crippen molar-refractivity contribution in [2.75, 3.05) is 19.8 Å². The fraction of sp³-hybridized carbons (Fsp3) is 0.857. The fourth-order valence-corrected chi connectivity index (χ4v) is 1.46. The van der Waals surface area contributed by atoms with Crippen LogP contribution in [0, 0.1) is 0 Å². The van der Waals surface area contributed by atoms with Gasteiger partial charge in [-0.2, -0.15) is 0 Å². The molecule has 0 aromatic heterocycles. The molecule has 0 spiro atoms. The van der Waals surface area contributed by atoms with Crippen molar-refractivity contribution in [3.8, 4) is 0 Å². The third kappa shape index (κ3) is 3.31. The molecule has 1 saturated carbocycles. The van der Waals surface area contributed by atoms with E-state index in [1.165, 1.54) is 14.1 Å². The molecule has 0 aliphatic heterocycles. The molecule has 0 aromatic rings. The Morgan fingerprint density at radius 2 is 2.00 bits per heavy atom. The van der Waals surface area contributed by atoms with E-state index in [1.807, 2.05) is 0 Å². The SMILES string of the molecule is CN(C)S(=O)(=O)CC(=O)NC1CC1. The van der Waals surface area contributed by atoms with E-state index in [9.17, 15) is 13.2 Å². The van der Waals surface area contributed by atoms with Crippen LogP contribution < -0.4 is 5.32 Å². The maximum Gasteiger partial charge on any atom is 0.236 e. The molecule has 1 aliphatic carbocycles. The van der Waals surface area contributed by atoms with Gasteiger partial charge in [-0.05, 0) is 12.8 Å². The van der Waals surface area contributed by atoms with Gasteiger partial charge in [0.1, 0.15) is 5.75 Å². The second-order valence-electron chi connectivity index (χ2n) is 3.38. The van der Waals surface area contributed by atoms with Gasteiger partial charge < -0.3 is 5.32 Å². The van der Waals surface area contributed by atoms with Gasteiger partial charge in [0.15, 0.2) is 0 Å². The number of hydrogen-bond acceptors (Lipinski definition) is 3. The van der Waals surface area contributed by atoms with Crippen LogP contribution in [0.1, 0.15) is 12.8 Å². The highest BCUT2D eigenvalue weighted by Gasteiger charge is 2.26. The van der Waals surface area contributed by atoms with Crippen molar-refractivity contribution < 1.29 is 13.2 Å². The van der Waals surface area contributed by atoms with Crippen molar-refractivity contribution in [2.24, 2.45) is 0 Å². The molecule has 6 heteroatoms. The largest absolute Gasteiger partial charge is 0.352 e. The molecule has 5 nitrogen and oxygen atoms in total. The molecule has 1 aliphatic rings. The van der Waals surface area contributed by atoms with Crippen LogP contribution in [0.2, 0.25) is 0 Å². The first-order valence-corrected chi connectivity index (χ1v) is 5.72. The average molecular weight is 206 g/mol. The topological polar surface area (TPSA) is 66.5 Å². The van der Waals surface area contributed by atoms with Crippen LogP contribution in [0.4, 0.5) is 0 Å². The maximum absolute atomic E-state index is 11.2. The Kier molecular flexibility index (Phi) is 2.92. The lowest BCUT2D eigenvalue weighted by Crippen LogP contribution is -2.36. The minimum Gasteiger partial charge on any atom is -0.352 e. The first-order valence-electron chi connectivity index (χ1n) is 4.11. The molecule has 13 heavy (non-hydrogen) atoms. The third-order valence-corrected chi connectivity index (χ3v) is 3.55. The summed E-state index contributed by atoms with van der Waals surface area (Å²) in [6, 6.07) is 0.213. The van der Waals surface area contributed by atoms with Gasteiger partial charge in [-0.3, -0.25) is 4.79 Å². The fourth-order valence-electron chi connectivity index (χ4n) is 0.792. The van der Waals surface area contributed by atoms with Gasteiger partial charge in [0, 0.05) is 20.1 Å². The van der Waals surface area contributed by atoms with E-state index in [-0.39, 0.29) is 6.04 Å². The number of nitrogens with zero attached hydrogens (tertiary/aromatic N) is 1. The van der Waals surface area contributed by atoms with E-state index in [2.05, 4.69) is 5.32 Å². The van der Waals surface area contributed by atoms with Gasteiger partial charge in [0.25, 0.3) is 0 Å². The Hall–Kier alpha value is -0.620. The summed E-state index contributed by atoms with van der Waals surface area (Å²) in [6.45, 7) is 0. The van der Waals surface area contributed by atoms with Crippen LogP contribution >= 0.6 is 0 Å². The summed E-state index contributed by atoms with van der Waals surface area (Å²) >= 11 is 0. The summed E-state index contributed by atoms with van der Waals surface area (Å²) < 4.78 is 23.5. The highest BCUT2D eigenvalue weighted by molar-refractivity contribution is 7.89. The zero-order valence-corrected chi connectivity index (χ0v) is 8.60. The second-order valence-corrected chi connectivity index (χ2v) is 5.56. The predicted octanol–water partition coefficient (Wildman–Crippen LogP) is -0.844. The minimum atomic E-state index is -3.39. The number of sulfonamides is 1. The standard InChI is InChI=1S/C7H14N2O3S/c1-9(2)13(11,12)5-7(10)8-6-3-4-6/h6H,3-5H2,1-2H3,(H,8,10). The van der Waals surface area contributed by atoms with E-state index >= 15 is 0 Å². The molecular formula is C7H14N2O3S.